The average Bonchev–Trinajstić information content (AvgIpc) is 3.54. The van der Waals surface area contributed by atoms with Gasteiger partial charge >= 0.3 is 11.9 Å². The van der Waals surface area contributed by atoms with Gasteiger partial charge < -0.3 is 56.8 Å². The molecule has 4 aromatic heterocycles. The number of ether oxygens (including phenoxy) is 9. The number of methoxy groups -OCH3 is 1. The molecule has 458 valence electrons. The van der Waals surface area contributed by atoms with Crippen LogP contribution in [0.3, 0.4) is 0 Å². The van der Waals surface area contributed by atoms with Gasteiger partial charge in [0.15, 0.2) is 0 Å². The van der Waals surface area contributed by atoms with E-state index < -0.39 is 11.9 Å². The lowest BCUT2D eigenvalue weighted by Gasteiger charge is -2.17. The molecule has 0 spiro atoms. The zero-order valence-corrected chi connectivity index (χ0v) is 52.7. The number of carboxylic acid groups (broad SMARTS) is 1. The number of nitrogens with zero attached hydrogens (tertiary/aromatic N) is 4. The van der Waals surface area contributed by atoms with Crippen molar-refractivity contribution in [1.82, 2.24) is 20.3 Å². The molecule has 0 radical (unpaired) electrons. The molecule has 2 aliphatic carbocycles. The summed E-state index contributed by atoms with van der Waals surface area (Å²) in [6, 6.07) is 17.5. The maximum atomic E-state index is 12.3. The number of carbonyl (C=O) groups is 2. The van der Waals surface area contributed by atoms with Crippen molar-refractivity contribution in [2.24, 2.45) is 11.8 Å². The Bertz CT molecular complexity index is 3840. The highest BCUT2D eigenvalue weighted by Gasteiger charge is 2.50. The fourth-order valence-electron chi connectivity index (χ4n) is 12.0. The summed E-state index contributed by atoms with van der Waals surface area (Å²) in [5, 5.41) is 22.2. The number of thiazole rings is 2. The van der Waals surface area contributed by atoms with E-state index in [1.807, 2.05) is 39.8 Å². The van der Waals surface area contributed by atoms with Gasteiger partial charge in [-0.3, -0.25) is 0 Å². The van der Waals surface area contributed by atoms with Gasteiger partial charge in [-0.1, -0.05) is 68.8 Å². The van der Waals surface area contributed by atoms with Gasteiger partial charge in [-0.15, -0.1) is 22.7 Å². The highest BCUT2D eigenvalue weighted by molar-refractivity contribution is 7.19. The molecule has 24 heteroatoms. The Kier molecular flexibility index (Phi) is 17.7. The zero-order valence-electron chi connectivity index (χ0n) is 48.1. The van der Waals surface area contributed by atoms with Gasteiger partial charge in [0.2, 0.25) is 0 Å². The van der Waals surface area contributed by atoms with Crippen molar-refractivity contribution >= 4 is 101 Å². The third-order valence-corrected chi connectivity index (χ3v) is 19.6. The topological polar surface area (TPSA) is 215 Å². The van der Waals surface area contributed by atoms with Crippen LogP contribution in [0.25, 0.3) is 42.9 Å². The molecule has 6 fully saturated rings. The lowest BCUT2D eigenvalue weighted by atomic mass is 9.98. The van der Waals surface area contributed by atoms with Crippen molar-refractivity contribution in [3.8, 4) is 34.0 Å². The summed E-state index contributed by atoms with van der Waals surface area (Å²) < 4.78 is 68.0. The van der Waals surface area contributed by atoms with Crippen molar-refractivity contribution in [3.63, 3.8) is 0 Å². The minimum absolute atomic E-state index is 0.0695. The molecular formula is C63H62Cl4N4O14S2. The summed E-state index contributed by atoms with van der Waals surface area (Å²) in [4.78, 5) is 33.7. The monoisotopic (exact) mass is 1300 g/mol. The van der Waals surface area contributed by atoms with Crippen LogP contribution in [0.15, 0.2) is 69.7 Å². The predicted octanol–water partition coefficient (Wildman–Crippen LogP) is 14.4. The van der Waals surface area contributed by atoms with Crippen LogP contribution in [0.1, 0.15) is 119 Å². The third-order valence-electron chi connectivity index (χ3n) is 16.3. The summed E-state index contributed by atoms with van der Waals surface area (Å²) in [5.74, 6) is 2.16. The maximum absolute atomic E-state index is 12.3. The third kappa shape index (κ3) is 12.6. The van der Waals surface area contributed by atoms with E-state index in [2.05, 4.69) is 10.3 Å². The minimum atomic E-state index is -1.000. The molecule has 0 amide bonds. The fourth-order valence-corrected chi connectivity index (χ4v) is 15.3. The molecule has 4 aromatic carbocycles. The SMILES string of the molecule is CC(C)Oc1cc(C(=O)O)cc2sc(C[C@@H]3CO[C@H]4[C@@H]3OC[C@H]4OCc3c(-c4c(Cl)cccc4Cl)noc3C3CC3)nc12.COC(=O)c1cc(OC(C)C)c2nc(C[C@@H]3CO[C@H]4[C@@H]3OC[C@H]4OCc3c(-c4c(Cl)cccc4Cl)noc3C3CC3)sc2c1. The number of fused-ring (bicyclic) bond motifs is 4. The van der Waals surface area contributed by atoms with Crippen molar-refractivity contribution in [2.75, 3.05) is 33.5 Å². The van der Waals surface area contributed by atoms with Crippen LogP contribution in [0.5, 0.6) is 11.5 Å². The van der Waals surface area contributed by atoms with Gasteiger partial charge in [-0.2, -0.15) is 0 Å². The Hall–Kier alpha value is -5.46. The van der Waals surface area contributed by atoms with E-state index in [9.17, 15) is 14.7 Å². The molecule has 18 nitrogen and oxygen atoms in total. The maximum Gasteiger partial charge on any atom is 0.338 e. The number of rotatable bonds is 20. The van der Waals surface area contributed by atoms with Gasteiger partial charge in [-0.05, 0) is 102 Å². The predicted molar refractivity (Wildman–Crippen MR) is 327 cm³/mol. The molecule has 0 bridgehead atoms. The van der Waals surface area contributed by atoms with Crippen LogP contribution in [-0.4, -0.2) is 120 Å². The van der Waals surface area contributed by atoms with Crippen LogP contribution in [0, 0.1) is 11.8 Å². The molecule has 8 aromatic rings. The Balaban J connectivity index is 0.000000161. The van der Waals surface area contributed by atoms with Crippen molar-refractivity contribution in [3.05, 3.63) is 125 Å². The van der Waals surface area contributed by atoms with E-state index in [1.165, 1.54) is 18.4 Å². The van der Waals surface area contributed by atoms with Crippen molar-refractivity contribution in [2.45, 2.75) is 140 Å². The standard InChI is InChI=1S/C32H32Cl2N2O7S.C31H30Cl2N2O7S/c1-15(2)42-22-9-17(32(37)38-3)10-24-28(22)35-25(44-24)11-18-12-40-31-23(14-41-30(18)31)39-13-19-27(36-43-29(19)16-7-8-16)26-20(33)5-4-6-21(26)34;1-14(2)41-21-8-16(31(36)37)9-23-27(21)34-24(43-23)10-17-11-39-30-22(13-40-29(17)30)38-12-18-26(35-42-28(18)15-6-7-15)25-19(32)4-3-5-20(25)33/h4-6,9-10,15-16,18,23,30-31H,7-8,11-14H2,1-3H3;3-5,8-9,14-15,17,22,29-30H,6-7,10-13H2,1-2H3,(H,36,37)/t18-,23-,30-,31-;17-,22-,29-,30-/m11/s1. The first-order valence-electron chi connectivity index (χ1n) is 29.1. The van der Waals surface area contributed by atoms with Gasteiger partial charge in [0, 0.05) is 58.8 Å². The number of hydrogen-bond donors (Lipinski definition) is 1. The number of benzene rings is 4. The molecule has 8 heterocycles. The Morgan fingerprint density at radius 3 is 1.41 bits per heavy atom. The lowest BCUT2D eigenvalue weighted by molar-refractivity contribution is -0.0402. The van der Waals surface area contributed by atoms with Crippen molar-refractivity contribution < 1.29 is 66.4 Å². The molecule has 4 aliphatic heterocycles. The number of aromatic nitrogens is 4. The first-order valence-corrected chi connectivity index (χ1v) is 32.3. The van der Waals surface area contributed by atoms with Gasteiger partial charge in [0.1, 0.15) is 69.9 Å². The van der Waals surface area contributed by atoms with Crippen LogP contribution in [-0.2, 0) is 59.2 Å². The molecule has 0 unspecified atom stereocenters. The van der Waals surface area contributed by atoms with Crippen LogP contribution >= 0.6 is 69.1 Å². The number of halogens is 4. The molecule has 14 rings (SSSR count). The number of carboxylic acids is 1. The quantitative estimate of drug-likeness (QED) is 0.0702. The molecule has 8 atom stereocenters. The highest BCUT2D eigenvalue weighted by atomic mass is 35.5. The number of esters is 1. The smallest absolute Gasteiger partial charge is 0.338 e. The van der Waals surface area contributed by atoms with Crippen LogP contribution in [0.4, 0.5) is 0 Å². The number of aromatic carboxylic acids is 1. The van der Waals surface area contributed by atoms with Crippen molar-refractivity contribution in [1.29, 1.82) is 0 Å². The molecule has 1 N–H and O–H groups in total. The van der Waals surface area contributed by atoms with E-state index in [-0.39, 0.29) is 79.4 Å². The number of carbonyl (C=O) groups excluding carboxylic acids is 1. The molecular weight excluding hydrogens is 1240 g/mol. The average molecular weight is 1310 g/mol. The molecule has 87 heavy (non-hydrogen) atoms. The lowest BCUT2D eigenvalue weighted by Crippen LogP contribution is -2.31. The number of hydrogen-bond acceptors (Lipinski definition) is 19. The summed E-state index contributed by atoms with van der Waals surface area (Å²) in [5.41, 5.74) is 6.31. The van der Waals surface area contributed by atoms with Gasteiger partial charge in [0.05, 0.1) is 122 Å². The second kappa shape index (κ2) is 25.4. The largest absolute Gasteiger partial charge is 0.489 e. The molecule has 2 saturated carbocycles. The van der Waals surface area contributed by atoms with E-state index in [0.717, 1.165) is 73.3 Å². The van der Waals surface area contributed by atoms with Gasteiger partial charge in [0.25, 0.3) is 0 Å². The summed E-state index contributed by atoms with van der Waals surface area (Å²) in [7, 11) is 1.37. The summed E-state index contributed by atoms with van der Waals surface area (Å²) >= 11 is 29.1. The molecule has 4 saturated heterocycles. The zero-order chi connectivity index (χ0) is 60.4. The Morgan fingerprint density at radius 2 is 1.01 bits per heavy atom. The summed E-state index contributed by atoms with van der Waals surface area (Å²) in [6.07, 6.45) is 4.18. The summed E-state index contributed by atoms with van der Waals surface area (Å²) in [6.45, 7) is 10.1. The first kappa shape index (κ1) is 60.5. The Morgan fingerprint density at radius 1 is 0.598 bits per heavy atom. The first-order chi connectivity index (χ1) is 42.1. The Labute approximate surface area is 528 Å². The normalized spacial score (nSPS) is 23.2. The van der Waals surface area contributed by atoms with E-state index in [4.69, 9.17) is 108 Å². The second-order valence-corrected chi connectivity index (χ2v) is 27.2. The second-order valence-electron chi connectivity index (χ2n) is 23.3. The van der Waals surface area contributed by atoms with Crippen LogP contribution in [0.2, 0.25) is 20.1 Å². The minimum Gasteiger partial charge on any atom is -0.489 e. The van der Waals surface area contributed by atoms with E-state index in [0.29, 0.717) is 116 Å². The van der Waals surface area contributed by atoms with E-state index >= 15 is 0 Å². The van der Waals surface area contributed by atoms with Gasteiger partial charge in [-0.25, -0.2) is 19.6 Å². The highest BCUT2D eigenvalue weighted by Crippen LogP contribution is 2.49. The van der Waals surface area contributed by atoms with Crippen LogP contribution < -0.4 is 9.47 Å². The van der Waals surface area contributed by atoms with E-state index in [1.54, 1.807) is 59.9 Å². The fraction of sp³-hybridized carbons (Fsp3) is 0.460. The molecule has 6 aliphatic rings.